The molecule has 2 aliphatic rings. The van der Waals surface area contributed by atoms with E-state index in [9.17, 15) is 52.1 Å². The van der Waals surface area contributed by atoms with Gasteiger partial charge >= 0.3 is 0 Å². The van der Waals surface area contributed by atoms with Crippen LogP contribution in [0, 0.1) is 37.1 Å². The summed E-state index contributed by atoms with van der Waals surface area (Å²) >= 11 is 0. The van der Waals surface area contributed by atoms with Crippen LogP contribution in [-0.4, -0.2) is 118 Å². The average Bonchev–Trinajstić information content (AvgIpc) is 3.92. The summed E-state index contributed by atoms with van der Waals surface area (Å²) in [6.45, 7) is 11.3. The molecule has 0 saturated carbocycles. The summed E-state index contributed by atoms with van der Waals surface area (Å²) in [6, 6.07) is 30.7. The molecule has 2 saturated heterocycles. The van der Waals surface area contributed by atoms with Crippen molar-refractivity contribution in [3.05, 3.63) is 211 Å². The lowest BCUT2D eigenvalue weighted by Crippen LogP contribution is -2.48. The number of aliphatic hydroxyl groups excluding tert-OH is 3. The molecule has 0 spiro atoms. The first kappa shape index (κ1) is 64.3. The molecule has 0 bridgehead atoms. The number of rotatable bonds is 22. The molecule has 17 heteroatoms. The van der Waals surface area contributed by atoms with Crippen molar-refractivity contribution >= 4 is 23.6 Å². The van der Waals surface area contributed by atoms with E-state index in [1.165, 1.54) is 41.5 Å². The Morgan fingerprint density at radius 3 is 1.25 bits per heavy atom. The van der Waals surface area contributed by atoms with Gasteiger partial charge in [0.1, 0.15) is 23.3 Å². The Labute approximate surface area is 490 Å². The number of aliphatic hydroxyl groups is 3. The van der Waals surface area contributed by atoms with Crippen molar-refractivity contribution in [3.63, 3.8) is 0 Å². The van der Waals surface area contributed by atoms with Crippen LogP contribution in [0.2, 0.25) is 0 Å². The number of nitrogens with one attached hydrogen (secondary N) is 4. The summed E-state index contributed by atoms with van der Waals surface area (Å²) in [7, 11) is 0. The van der Waals surface area contributed by atoms with Gasteiger partial charge in [-0.25, -0.2) is 17.6 Å². The first-order valence-corrected chi connectivity index (χ1v) is 29.3. The molecule has 4 atom stereocenters. The summed E-state index contributed by atoms with van der Waals surface area (Å²) in [5.41, 5.74) is 7.94. The number of nitrogens with zero attached hydrogens (tertiary/aromatic N) is 2. The van der Waals surface area contributed by atoms with Crippen molar-refractivity contribution in [1.29, 1.82) is 0 Å². The van der Waals surface area contributed by atoms with Crippen molar-refractivity contribution < 1.29 is 52.1 Å². The second-order valence-corrected chi connectivity index (χ2v) is 22.3. The van der Waals surface area contributed by atoms with Crippen LogP contribution in [0.4, 0.5) is 17.6 Å². The number of likely N-dealkylation sites (tertiary alicyclic amines) is 2. The van der Waals surface area contributed by atoms with Gasteiger partial charge in [0.2, 0.25) is 0 Å². The van der Waals surface area contributed by atoms with E-state index in [2.05, 4.69) is 53.3 Å². The van der Waals surface area contributed by atoms with E-state index >= 15 is 0 Å². The van der Waals surface area contributed by atoms with Crippen LogP contribution in [0.5, 0.6) is 0 Å². The summed E-state index contributed by atoms with van der Waals surface area (Å²) in [5.74, 6) is -4.25. The van der Waals surface area contributed by atoms with Crippen molar-refractivity contribution in [1.82, 2.24) is 31.1 Å². The zero-order chi connectivity index (χ0) is 60.3. The monoisotopic (exact) mass is 1160 g/mol. The van der Waals surface area contributed by atoms with Gasteiger partial charge in [-0.2, -0.15) is 0 Å². The number of amides is 4. The molecule has 7 N–H and O–H groups in total. The highest BCUT2D eigenvalue weighted by atomic mass is 19.1. The van der Waals surface area contributed by atoms with Gasteiger partial charge in [-0.3, -0.25) is 19.2 Å². The van der Waals surface area contributed by atoms with Gasteiger partial charge < -0.3 is 46.4 Å². The molecule has 84 heavy (non-hydrogen) atoms. The van der Waals surface area contributed by atoms with E-state index in [1.54, 1.807) is 42.2 Å². The van der Waals surface area contributed by atoms with Gasteiger partial charge in [0, 0.05) is 86.7 Å². The molecular weight excluding hydrogens is 1080 g/mol. The number of hydrogen-bond donors (Lipinski definition) is 7. The Balaban J connectivity index is 0.000000241. The van der Waals surface area contributed by atoms with Gasteiger partial charge in [-0.15, -0.1) is 0 Å². The van der Waals surface area contributed by atoms with Crippen LogP contribution in [0.15, 0.2) is 121 Å². The van der Waals surface area contributed by atoms with Crippen LogP contribution < -0.4 is 21.3 Å². The second-order valence-electron chi connectivity index (χ2n) is 22.3. The van der Waals surface area contributed by atoms with E-state index in [0.717, 1.165) is 67.3 Å². The molecule has 4 amide bonds. The highest BCUT2D eigenvalue weighted by Gasteiger charge is 2.28. The summed E-state index contributed by atoms with van der Waals surface area (Å²) in [4.78, 5) is 56.8. The number of carbonyl (C=O) groups excluding carboxylic acids is 4. The first-order valence-electron chi connectivity index (χ1n) is 29.3. The molecular formula is C67H80F4N6O7. The molecule has 2 heterocycles. The van der Waals surface area contributed by atoms with Crippen LogP contribution in [0.3, 0.4) is 0 Å². The van der Waals surface area contributed by atoms with E-state index < -0.39 is 65.5 Å². The minimum absolute atomic E-state index is 0.0116. The molecule has 0 radical (unpaired) electrons. The van der Waals surface area contributed by atoms with E-state index in [4.69, 9.17) is 0 Å². The fourth-order valence-electron chi connectivity index (χ4n) is 10.8. The summed E-state index contributed by atoms with van der Waals surface area (Å²) in [5, 5.41) is 44.2. The topological polar surface area (TPSA) is 184 Å². The van der Waals surface area contributed by atoms with Gasteiger partial charge in [0.15, 0.2) is 0 Å². The SMILES string of the molecule is CCc1cccc(CNC[C@@H](O)[C@H](Cc2cc(F)cc(F)c2)NC(=O)c2cc(C)cc(C(=O)N3CCC(O)CC3)c2)c1.CCc1cccc(CNC[C@@H](O)[C@H](Cc2cc(F)cc(F)c2)NC(=O)c2cc(C)cc(C(=O)N3CCCCCC3)c2)c1. The molecule has 0 unspecified atom stereocenters. The van der Waals surface area contributed by atoms with E-state index in [0.29, 0.717) is 85.5 Å². The second kappa shape index (κ2) is 31.6. The number of benzene rings is 6. The third-order valence-corrected chi connectivity index (χ3v) is 15.3. The standard InChI is InChI=1S/C34H41F2N3O3.C33H39F2N3O4/c1-3-24-9-8-10-25(15-24)21-37-22-32(40)31(18-26-16-29(35)20-30(36)17-26)38-33(41)27-13-23(2)14-28(19-27)34(42)39-11-6-4-5-7-12-39;1-3-22-5-4-6-23(13-22)19-36-20-31(40)30(16-24-14-27(34)18-28(35)15-24)37-32(41)25-11-21(2)12-26(17-25)33(42)38-9-7-29(39)8-10-38/h8-10,13-17,19-20,31-32,37,40H,3-7,11-12,18,21-22H2,1-2H3,(H,38,41);4-6,11-15,17-18,29-31,36,39-40H,3,7-10,16,19-20H2,1-2H3,(H,37,41)/t31-,32+;30-,31+/m00/s1. The smallest absolute Gasteiger partial charge is 0.253 e. The third-order valence-electron chi connectivity index (χ3n) is 15.3. The lowest BCUT2D eigenvalue weighted by atomic mass is 9.99. The van der Waals surface area contributed by atoms with Gasteiger partial charge in [-0.05, 0) is 170 Å². The number of hydrogen-bond acceptors (Lipinski definition) is 9. The molecule has 6 aromatic carbocycles. The van der Waals surface area contributed by atoms with Crippen LogP contribution in [0.25, 0.3) is 0 Å². The molecule has 13 nitrogen and oxygen atoms in total. The maximum Gasteiger partial charge on any atom is 0.253 e. The molecule has 6 aromatic rings. The summed E-state index contributed by atoms with van der Waals surface area (Å²) in [6.07, 6.45) is 4.40. The van der Waals surface area contributed by atoms with Crippen molar-refractivity contribution in [2.24, 2.45) is 0 Å². The van der Waals surface area contributed by atoms with E-state index in [1.807, 2.05) is 42.2 Å². The first-order chi connectivity index (χ1) is 40.3. The van der Waals surface area contributed by atoms with Gasteiger partial charge in [-0.1, -0.05) is 75.2 Å². The van der Waals surface area contributed by atoms with Gasteiger partial charge in [0.25, 0.3) is 23.6 Å². The predicted molar refractivity (Wildman–Crippen MR) is 318 cm³/mol. The maximum absolute atomic E-state index is 14.0. The lowest BCUT2D eigenvalue weighted by molar-refractivity contribution is 0.0545. The van der Waals surface area contributed by atoms with Crippen molar-refractivity contribution in [2.75, 3.05) is 39.3 Å². The molecule has 0 aromatic heterocycles. The normalized spacial score (nSPS) is 15.2. The molecule has 2 aliphatic heterocycles. The van der Waals surface area contributed by atoms with E-state index in [-0.39, 0.29) is 43.3 Å². The van der Waals surface area contributed by atoms with Crippen molar-refractivity contribution in [3.8, 4) is 0 Å². The fraction of sp³-hybridized carbons (Fsp3) is 0.403. The maximum atomic E-state index is 14.0. The van der Waals surface area contributed by atoms with Crippen LogP contribution >= 0.6 is 0 Å². The Kier molecular flexibility index (Phi) is 24.2. The third kappa shape index (κ3) is 19.7. The average molecular weight is 1160 g/mol. The number of carbonyl (C=O) groups is 4. The minimum Gasteiger partial charge on any atom is -0.393 e. The number of halogens is 4. The Bertz CT molecular complexity index is 3140. The molecule has 2 fully saturated rings. The van der Waals surface area contributed by atoms with Crippen LogP contribution in [0.1, 0.15) is 138 Å². The quantitative estimate of drug-likeness (QED) is 0.0326. The molecule has 0 aliphatic carbocycles. The highest BCUT2D eigenvalue weighted by Crippen LogP contribution is 2.21. The number of piperidine rings is 1. The summed E-state index contributed by atoms with van der Waals surface area (Å²) < 4.78 is 55.8. The molecule has 8 rings (SSSR count). The zero-order valence-electron chi connectivity index (χ0n) is 48.5. The van der Waals surface area contributed by atoms with Gasteiger partial charge in [0.05, 0.1) is 30.4 Å². The number of aryl methyl sites for hydroxylation is 4. The minimum atomic E-state index is -1.08. The highest BCUT2D eigenvalue weighted by molar-refractivity contribution is 6.01. The zero-order valence-corrected chi connectivity index (χ0v) is 48.5. The lowest BCUT2D eigenvalue weighted by Gasteiger charge is -2.30. The Morgan fingerprint density at radius 1 is 0.488 bits per heavy atom. The Hall–Kier alpha value is -7.28. The van der Waals surface area contributed by atoms with Crippen molar-refractivity contribution in [2.45, 2.75) is 135 Å². The fourth-order valence-corrected chi connectivity index (χ4v) is 10.8. The van der Waals surface area contributed by atoms with Crippen LogP contribution in [-0.2, 0) is 38.8 Å². The Morgan fingerprint density at radius 2 is 0.857 bits per heavy atom. The largest absolute Gasteiger partial charge is 0.393 e. The molecule has 448 valence electrons. The predicted octanol–water partition coefficient (Wildman–Crippen LogP) is 9.27.